The fourth-order valence-corrected chi connectivity index (χ4v) is 5.13. The molecule has 1 aliphatic heterocycles. The summed E-state index contributed by atoms with van der Waals surface area (Å²) in [5, 5.41) is 4.15. The van der Waals surface area contributed by atoms with Crippen molar-refractivity contribution in [1.82, 2.24) is 19.7 Å². The Morgan fingerprint density at radius 2 is 2.04 bits per heavy atom. The highest BCUT2D eigenvalue weighted by Gasteiger charge is 2.24. The predicted molar refractivity (Wildman–Crippen MR) is 110 cm³/mol. The van der Waals surface area contributed by atoms with Gasteiger partial charge in [-0.05, 0) is 43.0 Å². The van der Waals surface area contributed by atoms with E-state index >= 15 is 0 Å². The van der Waals surface area contributed by atoms with E-state index in [9.17, 15) is 0 Å². The highest BCUT2D eigenvalue weighted by atomic mass is 32.2. The number of anilines is 1. The van der Waals surface area contributed by atoms with Crippen LogP contribution in [0.1, 0.15) is 32.1 Å². The lowest BCUT2D eigenvalue weighted by molar-refractivity contribution is 0.361. The third-order valence-corrected chi connectivity index (χ3v) is 6.55. The molecule has 0 atom stereocenters. The van der Waals surface area contributed by atoms with Crippen molar-refractivity contribution in [3.05, 3.63) is 49.2 Å². The summed E-state index contributed by atoms with van der Waals surface area (Å²) in [4.78, 5) is 12.1. The standard InChI is InChI=1S/C21H23N5OS/c1-2-4-16(5-3-1)12-25-15-28-20-11-18(6-7-19(20)25)27-21-10-17(8-9-23-21)26-14-22-13-24-26/h6-11,13-14,16H,1-5,12,15H2. The molecule has 1 fully saturated rings. The van der Waals surface area contributed by atoms with Crippen molar-refractivity contribution >= 4 is 17.4 Å². The van der Waals surface area contributed by atoms with E-state index in [4.69, 9.17) is 4.74 Å². The number of nitrogens with zero attached hydrogens (tertiary/aromatic N) is 5. The summed E-state index contributed by atoms with van der Waals surface area (Å²) in [5.41, 5.74) is 2.21. The molecule has 0 amide bonds. The normalized spacial score (nSPS) is 16.9. The molecule has 1 aromatic carbocycles. The number of ether oxygens (including phenoxy) is 1. The fraction of sp³-hybridized carbons (Fsp3) is 0.381. The third kappa shape index (κ3) is 3.71. The number of hydrogen-bond donors (Lipinski definition) is 0. The van der Waals surface area contributed by atoms with Crippen molar-refractivity contribution in [2.24, 2.45) is 5.92 Å². The molecule has 7 heteroatoms. The summed E-state index contributed by atoms with van der Waals surface area (Å²) in [6.07, 6.45) is 11.9. The largest absolute Gasteiger partial charge is 0.439 e. The average Bonchev–Trinajstić information content (AvgIpc) is 3.40. The zero-order valence-corrected chi connectivity index (χ0v) is 16.5. The summed E-state index contributed by atoms with van der Waals surface area (Å²) in [5.74, 6) is 3.25. The number of rotatable bonds is 5. The van der Waals surface area contributed by atoms with E-state index in [1.165, 1.54) is 55.6 Å². The van der Waals surface area contributed by atoms with Crippen molar-refractivity contribution in [3.63, 3.8) is 0 Å². The average molecular weight is 394 g/mol. The highest BCUT2D eigenvalue weighted by molar-refractivity contribution is 7.99. The molecule has 144 valence electrons. The van der Waals surface area contributed by atoms with Gasteiger partial charge in [0.05, 0.1) is 17.3 Å². The second-order valence-corrected chi connectivity index (χ2v) is 8.41. The maximum atomic E-state index is 6.02. The number of benzene rings is 1. The third-order valence-electron chi connectivity index (χ3n) is 5.48. The first-order valence-corrected chi connectivity index (χ1v) is 10.8. The van der Waals surface area contributed by atoms with Crippen LogP contribution >= 0.6 is 11.8 Å². The first-order valence-electron chi connectivity index (χ1n) is 9.86. The number of hydrogen-bond acceptors (Lipinski definition) is 6. The molecule has 3 aromatic rings. The summed E-state index contributed by atoms with van der Waals surface area (Å²) < 4.78 is 7.71. The SMILES string of the molecule is c1cc(-n2cncn2)cc(Oc2ccc3c(c2)SCN3CC2CCCCC2)n1. The van der Waals surface area contributed by atoms with Crippen molar-refractivity contribution in [1.29, 1.82) is 0 Å². The van der Waals surface area contributed by atoms with Gasteiger partial charge < -0.3 is 9.64 Å². The number of pyridine rings is 1. The van der Waals surface area contributed by atoms with Gasteiger partial charge in [0.1, 0.15) is 18.4 Å². The van der Waals surface area contributed by atoms with Gasteiger partial charge in [-0.3, -0.25) is 0 Å². The van der Waals surface area contributed by atoms with Crippen LogP contribution in [0.15, 0.2) is 54.1 Å². The first-order chi connectivity index (χ1) is 13.8. The lowest BCUT2D eigenvalue weighted by atomic mass is 9.89. The Morgan fingerprint density at radius 3 is 2.89 bits per heavy atom. The minimum absolute atomic E-state index is 0.551. The van der Waals surface area contributed by atoms with E-state index in [1.807, 2.05) is 30.0 Å². The molecule has 28 heavy (non-hydrogen) atoms. The molecule has 5 rings (SSSR count). The number of thioether (sulfide) groups is 1. The molecule has 0 bridgehead atoms. The summed E-state index contributed by atoms with van der Waals surface area (Å²) >= 11 is 1.89. The van der Waals surface area contributed by atoms with Crippen LogP contribution < -0.4 is 9.64 Å². The zero-order valence-electron chi connectivity index (χ0n) is 15.7. The van der Waals surface area contributed by atoms with Crippen LogP contribution in [-0.4, -0.2) is 32.2 Å². The zero-order chi connectivity index (χ0) is 18.8. The van der Waals surface area contributed by atoms with E-state index in [1.54, 1.807) is 17.2 Å². The van der Waals surface area contributed by atoms with Gasteiger partial charge in [-0.1, -0.05) is 19.3 Å². The van der Waals surface area contributed by atoms with Crippen LogP contribution in [0.5, 0.6) is 11.6 Å². The molecule has 3 heterocycles. The maximum Gasteiger partial charge on any atom is 0.221 e. The Hall–Kier alpha value is -2.54. The van der Waals surface area contributed by atoms with Crippen LogP contribution in [0.4, 0.5) is 5.69 Å². The molecular formula is C21H23N5OS. The van der Waals surface area contributed by atoms with Crippen LogP contribution in [0, 0.1) is 5.92 Å². The van der Waals surface area contributed by atoms with Crippen LogP contribution in [0.3, 0.4) is 0 Å². The van der Waals surface area contributed by atoms with E-state index in [0.717, 1.165) is 23.2 Å². The highest BCUT2D eigenvalue weighted by Crippen LogP contribution is 2.42. The molecule has 2 aliphatic rings. The molecule has 0 saturated heterocycles. The number of aromatic nitrogens is 4. The van der Waals surface area contributed by atoms with E-state index in [0.29, 0.717) is 5.88 Å². The second kappa shape index (κ2) is 7.83. The lowest BCUT2D eigenvalue weighted by Crippen LogP contribution is -2.28. The second-order valence-electron chi connectivity index (χ2n) is 7.42. The molecule has 1 aliphatic carbocycles. The van der Waals surface area contributed by atoms with Gasteiger partial charge in [-0.15, -0.1) is 11.8 Å². The van der Waals surface area contributed by atoms with Crippen LogP contribution in [-0.2, 0) is 0 Å². The van der Waals surface area contributed by atoms with Gasteiger partial charge in [0.2, 0.25) is 5.88 Å². The molecule has 2 aromatic heterocycles. The van der Waals surface area contributed by atoms with Crippen molar-refractivity contribution in [2.75, 3.05) is 17.3 Å². The van der Waals surface area contributed by atoms with Crippen molar-refractivity contribution < 1.29 is 4.74 Å². The predicted octanol–water partition coefficient (Wildman–Crippen LogP) is 4.90. The van der Waals surface area contributed by atoms with Gasteiger partial charge in [0.25, 0.3) is 0 Å². The quantitative estimate of drug-likeness (QED) is 0.614. The van der Waals surface area contributed by atoms with Gasteiger partial charge >= 0.3 is 0 Å². The Morgan fingerprint density at radius 1 is 1.11 bits per heavy atom. The monoisotopic (exact) mass is 393 g/mol. The Kier molecular flexibility index (Phi) is 4.91. The maximum absolute atomic E-state index is 6.02. The van der Waals surface area contributed by atoms with Crippen molar-refractivity contribution in [3.8, 4) is 17.3 Å². The van der Waals surface area contributed by atoms with E-state index < -0.39 is 0 Å². The molecule has 0 N–H and O–H groups in total. The molecule has 0 radical (unpaired) electrons. The Bertz CT molecular complexity index is 940. The summed E-state index contributed by atoms with van der Waals surface area (Å²) in [6, 6.07) is 10.1. The molecule has 1 saturated carbocycles. The smallest absolute Gasteiger partial charge is 0.221 e. The summed E-state index contributed by atoms with van der Waals surface area (Å²) in [6.45, 7) is 1.18. The van der Waals surface area contributed by atoms with E-state index in [-0.39, 0.29) is 0 Å². The molecule has 0 unspecified atom stereocenters. The molecule has 0 spiro atoms. The van der Waals surface area contributed by atoms with Gasteiger partial charge in [-0.25, -0.2) is 14.6 Å². The minimum atomic E-state index is 0.551. The first kappa shape index (κ1) is 17.6. The topological polar surface area (TPSA) is 56.1 Å². The lowest BCUT2D eigenvalue weighted by Gasteiger charge is -2.28. The minimum Gasteiger partial charge on any atom is -0.439 e. The number of fused-ring (bicyclic) bond motifs is 1. The van der Waals surface area contributed by atoms with Gasteiger partial charge in [0, 0.05) is 23.7 Å². The Labute approximate surface area is 168 Å². The molecule has 6 nitrogen and oxygen atoms in total. The fourth-order valence-electron chi connectivity index (χ4n) is 4.04. The summed E-state index contributed by atoms with van der Waals surface area (Å²) in [7, 11) is 0. The van der Waals surface area contributed by atoms with Crippen LogP contribution in [0.25, 0.3) is 5.69 Å². The molecular weight excluding hydrogens is 370 g/mol. The van der Waals surface area contributed by atoms with E-state index in [2.05, 4.69) is 32.1 Å². The van der Waals surface area contributed by atoms with Gasteiger partial charge in [0.15, 0.2) is 0 Å². The van der Waals surface area contributed by atoms with Crippen molar-refractivity contribution in [2.45, 2.75) is 37.0 Å². The van der Waals surface area contributed by atoms with Crippen LogP contribution in [0.2, 0.25) is 0 Å². The Balaban J connectivity index is 1.30. The van der Waals surface area contributed by atoms with Gasteiger partial charge in [-0.2, -0.15) is 5.10 Å².